The monoisotopic (exact) mass is 431 g/mol. The summed E-state index contributed by atoms with van der Waals surface area (Å²) in [6, 6.07) is 3.76. The Morgan fingerprint density at radius 1 is 1.39 bits per heavy atom. The van der Waals surface area contributed by atoms with Gasteiger partial charge in [0.25, 0.3) is 0 Å². The van der Waals surface area contributed by atoms with Crippen molar-refractivity contribution in [2.24, 2.45) is 0 Å². The zero-order chi connectivity index (χ0) is 22.1. The molecule has 9 nitrogen and oxygen atoms in total. The minimum Gasteiger partial charge on any atom is -0.446 e. The van der Waals surface area contributed by atoms with E-state index in [2.05, 4.69) is 30.8 Å². The third-order valence-corrected chi connectivity index (χ3v) is 5.57. The van der Waals surface area contributed by atoms with Gasteiger partial charge in [0.05, 0.1) is 18.1 Å². The lowest BCUT2D eigenvalue weighted by Crippen LogP contribution is -2.41. The molecule has 0 bridgehead atoms. The Kier molecular flexibility index (Phi) is 5.47. The number of hydrogen-bond acceptors (Lipinski definition) is 7. The number of nitrogens with zero attached hydrogens (tertiary/aromatic N) is 4. The smallest absolute Gasteiger partial charge is 0.407 e. The fraction of sp³-hybridized carbons (Fsp3) is 0.550. The number of alkyl halides is 2. The highest BCUT2D eigenvalue weighted by molar-refractivity contribution is 5.69. The fourth-order valence-electron chi connectivity index (χ4n) is 4.00. The average molecular weight is 431 g/mol. The summed E-state index contributed by atoms with van der Waals surface area (Å²) in [5.41, 5.74) is 0.234. The van der Waals surface area contributed by atoms with Crippen LogP contribution in [0.15, 0.2) is 18.5 Å². The number of carbonyl (C=O) groups excluding carboxylic acids is 1. The number of halogens is 2. The van der Waals surface area contributed by atoms with Gasteiger partial charge in [-0.25, -0.2) is 23.5 Å². The summed E-state index contributed by atoms with van der Waals surface area (Å²) >= 11 is 0. The van der Waals surface area contributed by atoms with Crippen molar-refractivity contribution in [3.05, 3.63) is 29.8 Å². The molecule has 11 heteroatoms. The summed E-state index contributed by atoms with van der Waals surface area (Å²) in [7, 11) is 0. The zero-order valence-electron chi connectivity index (χ0n) is 17.0. The van der Waals surface area contributed by atoms with Crippen molar-refractivity contribution in [1.29, 1.82) is 5.26 Å². The minimum absolute atomic E-state index is 0.117. The number of carbonyl (C=O) groups is 1. The second-order valence-electron chi connectivity index (χ2n) is 8.42. The minimum atomic E-state index is -2.82. The predicted octanol–water partition coefficient (Wildman–Crippen LogP) is 3.76. The number of alkyl carbamates (subject to hydrolysis) is 1. The molecule has 0 spiro atoms. The van der Waals surface area contributed by atoms with Gasteiger partial charge in [-0.1, -0.05) is 0 Å². The Bertz CT molecular complexity index is 977. The van der Waals surface area contributed by atoms with E-state index >= 15 is 0 Å². The van der Waals surface area contributed by atoms with E-state index in [0.29, 0.717) is 37.3 Å². The van der Waals surface area contributed by atoms with Gasteiger partial charge in [-0.05, 0) is 39.0 Å². The van der Waals surface area contributed by atoms with E-state index in [9.17, 15) is 13.6 Å². The van der Waals surface area contributed by atoms with Crippen LogP contribution >= 0.6 is 0 Å². The standard InChI is InChI=1S/C20H23F2N7O2/c1-19(21,22)11-20(4-5-20)27-18(30)31-14-3-2-12(6-14)15-7-16(29-28-15)26-17-10-24-13(8-23)9-25-17/h7,9-10,12,14H,2-6,11H2,1H3,(H,27,30)(H2,25,26,28,29)/t12-,14+/m0/s1. The lowest BCUT2D eigenvalue weighted by Gasteiger charge is -2.22. The largest absolute Gasteiger partial charge is 0.446 e. The quantitative estimate of drug-likeness (QED) is 0.609. The Morgan fingerprint density at radius 2 is 2.19 bits per heavy atom. The normalized spacial score (nSPS) is 21.9. The Hall–Kier alpha value is -3.29. The fourth-order valence-corrected chi connectivity index (χ4v) is 4.00. The molecular formula is C20H23F2N7O2. The maximum atomic E-state index is 13.3. The molecule has 2 atom stereocenters. The number of aromatic nitrogens is 4. The van der Waals surface area contributed by atoms with E-state index in [0.717, 1.165) is 19.0 Å². The highest BCUT2D eigenvalue weighted by Gasteiger charge is 2.50. The highest BCUT2D eigenvalue weighted by Crippen LogP contribution is 2.44. The van der Waals surface area contributed by atoms with Gasteiger partial charge in [0.2, 0.25) is 5.92 Å². The first kappa shape index (κ1) is 21.0. The Labute approximate surface area is 177 Å². The van der Waals surface area contributed by atoms with Crippen molar-refractivity contribution in [1.82, 2.24) is 25.5 Å². The van der Waals surface area contributed by atoms with Crippen molar-refractivity contribution in [2.45, 2.75) is 68.9 Å². The third-order valence-electron chi connectivity index (χ3n) is 5.57. The Morgan fingerprint density at radius 3 is 2.84 bits per heavy atom. The van der Waals surface area contributed by atoms with Crippen LogP contribution in [0.4, 0.5) is 25.2 Å². The molecule has 31 heavy (non-hydrogen) atoms. The molecule has 2 heterocycles. The van der Waals surface area contributed by atoms with Crippen molar-refractivity contribution >= 4 is 17.7 Å². The van der Waals surface area contributed by atoms with Crippen LogP contribution < -0.4 is 10.6 Å². The SMILES string of the molecule is CC(F)(F)CC1(NC(=O)O[C@@H]2CC[C@H](c3cc(Nc4cnc(C#N)cn4)[nH]n3)C2)CC1. The number of anilines is 2. The van der Waals surface area contributed by atoms with Crippen LogP contribution in [0.3, 0.4) is 0 Å². The molecule has 2 aromatic rings. The molecule has 2 saturated carbocycles. The predicted molar refractivity (Wildman–Crippen MR) is 106 cm³/mol. The number of hydrogen-bond donors (Lipinski definition) is 3. The molecule has 3 N–H and O–H groups in total. The number of H-pyrrole nitrogens is 1. The number of nitriles is 1. The number of aromatic amines is 1. The van der Waals surface area contributed by atoms with Gasteiger partial charge in [0, 0.05) is 23.9 Å². The van der Waals surface area contributed by atoms with E-state index < -0.39 is 17.6 Å². The van der Waals surface area contributed by atoms with Crippen molar-refractivity contribution in [3.63, 3.8) is 0 Å². The summed E-state index contributed by atoms with van der Waals surface area (Å²) < 4.78 is 32.1. The molecule has 0 radical (unpaired) electrons. The number of rotatable bonds is 7. The summed E-state index contributed by atoms with van der Waals surface area (Å²) in [4.78, 5) is 20.2. The van der Waals surface area contributed by atoms with E-state index in [1.54, 1.807) is 0 Å². The summed E-state index contributed by atoms with van der Waals surface area (Å²) in [5.74, 6) is -1.60. The first-order valence-electron chi connectivity index (χ1n) is 10.1. The van der Waals surface area contributed by atoms with E-state index in [-0.39, 0.29) is 24.1 Å². The first-order valence-corrected chi connectivity index (χ1v) is 10.1. The molecule has 0 saturated heterocycles. The maximum Gasteiger partial charge on any atom is 0.407 e. The van der Waals surface area contributed by atoms with Gasteiger partial charge >= 0.3 is 6.09 Å². The van der Waals surface area contributed by atoms with Crippen LogP contribution in [0.1, 0.15) is 62.8 Å². The molecule has 2 aliphatic carbocycles. The topological polar surface area (TPSA) is 129 Å². The van der Waals surface area contributed by atoms with Gasteiger partial charge in [-0.3, -0.25) is 5.10 Å². The van der Waals surface area contributed by atoms with Gasteiger partial charge in [-0.15, -0.1) is 0 Å². The highest BCUT2D eigenvalue weighted by atomic mass is 19.3. The molecular weight excluding hydrogens is 408 g/mol. The molecule has 0 unspecified atom stereocenters. The molecule has 2 aliphatic rings. The van der Waals surface area contributed by atoms with Crippen molar-refractivity contribution in [3.8, 4) is 6.07 Å². The average Bonchev–Trinajstić information content (AvgIpc) is 3.08. The lowest BCUT2D eigenvalue weighted by molar-refractivity contribution is -0.00145. The van der Waals surface area contributed by atoms with Gasteiger partial charge in [0.15, 0.2) is 5.69 Å². The van der Waals surface area contributed by atoms with Gasteiger partial charge < -0.3 is 15.4 Å². The molecule has 0 aliphatic heterocycles. The number of ether oxygens (including phenoxy) is 1. The van der Waals surface area contributed by atoms with Crippen LogP contribution in [-0.2, 0) is 4.74 Å². The molecule has 1 amide bonds. The number of amides is 1. The van der Waals surface area contributed by atoms with Crippen LogP contribution in [-0.4, -0.2) is 43.8 Å². The second-order valence-corrected chi connectivity index (χ2v) is 8.42. The van der Waals surface area contributed by atoms with E-state index in [4.69, 9.17) is 10.00 Å². The summed E-state index contributed by atoms with van der Waals surface area (Å²) in [6.45, 7) is 0.864. The van der Waals surface area contributed by atoms with Crippen LogP contribution in [0.5, 0.6) is 0 Å². The van der Waals surface area contributed by atoms with Crippen LogP contribution in [0.2, 0.25) is 0 Å². The van der Waals surface area contributed by atoms with Gasteiger partial charge in [0.1, 0.15) is 23.8 Å². The number of nitrogens with one attached hydrogen (secondary N) is 3. The molecule has 4 rings (SSSR count). The van der Waals surface area contributed by atoms with Crippen LogP contribution in [0, 0.1) is 11.3 Å². The summed E-state index contributed by atoms with van der Waals surface area (Å²) in [5, 5.41) is 21.7. The summed E-state index contributed by atoms with van der Waals surface area (Å²) in [6.07, 6.45) is 4.76. The molecule has 0 aromatic carbocycles. The van der Waals surface area contributed by atoms with Gasteiger partial charge in [-0.2, -0.15) is 10.4 Å². The lowest BCUT2D eigenvalue weighted by atomic mass is 10.0. The first-order chi connectivity index (χ1) is 14.7. The van der Waals surface area contributed by atoms with Crippen LogP contribution in [0.25, 0.3) is 0 Å². The van der Waals surface area contributed by atoms with E-state index in [1.165, 1.54) is 12.4 Å². The van der Waals surface area contributed by atoms with E-state index in [1.807, 2.05) is 12.1 Å². The third kappa shape index (κ3) is 5.45. The van der Waals surface area contributed by atoms with Crippen molar-refractivity contribution < 1.29 is 18.3 Å². The second kappa shape index (κ2) is 8.09. The Balaban J connectivity index is 1.27. The molecule has 2 fully saturated rings. The molecule has 2 aromatic heterocycles. The maximum absolute atomic E-state index is 13.3. The zero-order valence-corrected chi connectivity index (χ0v) is 17.0. The van der Waals surface area contributed by atoms with Crippen molar-refractivity contribution in [2.75, 3.05) is 5.32 Å². The molecule has 164 valence electrons.